The molecule has 8 nitrogen and oxygen atoms in total. The summed E-state index contributed by atoms with van der Waals surface area (Å²) in [6.07, 6.45) is 0. The summed E-state index contributed by atoms with van der Waals surface area (Å²) < 4.78 is 0.806. The van der Waals surface area contributed by atoms with Gasteiger partial charge in [0, 0.05) is 11.8 Å². The highest BCUT2D eigenvalue weighted by molar-refractivity contribution is 8.22. The quantitative estimate of drug-likeness (QED) is 0.446. The van der Waals surface area contributed by atoms with Gasteiger partial charge in [0.05, 0.1) is 12.5 Å². The lowest BCUT2D eigenvalue weighted by Gasteiger charge is -2.50. The molecular formula is C22H26N4O4S3. The summed E-state index contributed by atoms with van der Waals surface area (Å²) in [7, 11) is 0. The number of carbonyl (C=O) groups excluding carboxylic acids is 2. The minimum Gasteiger partial charge on any atom is -0.477 e. The van der Waals surface area contributed by atoms with Crippen LogP contribution in [0.2, 0.25) is 0 Å². The SMILES string of the molecule is CC1=C(C(=O)O)N2C(=O)[C@H](NC(=O)[C@@H](c3ccccc3)N3CSC(=S)N(C(C)C)C3)[C@H]2SC1. The Bertz CT molecular complexity index is 1020. The van der Waals surface area contributed by atoms with Crippen LogP contribution in [-0.4, -0.2) is 77.7 Å². The van der Waals surface area contributed by atoms with Gasteiger partial charge in [-0.15, -0.1) is 11.8 Å². The molecule has 11 heteroatoms. The van der Waals surface area contributed by atoms with E-state index in [9.17, 15) is 19.5 Å². The highest BCUT2D eigenvalue weighted by atomic mass is 32.2. The molecule has 3 heterocycles. The van der Waals surface area contributed by atoms with Crippen LogP contribution < -0.4 is 5.32 Å². The van der Waals surface area contributed by atoms with Crippen LogP contribution in [0.3, 0.4) is 0 Å². The lowest BCUT2D eigenvalue weighted by molar-refractivity contribution is -0.151. The van der Waals surface area contributed by atoms with Gasteiger partial charge in [-0.05, 0) is 31.9 Å². The zero-order valence-corrected chi connectivity index (χ0v) is 21.0. The molecular weight excluding hydrogens is 480 g/mol. The zero-order valence-electron chi connectivity index (χ0n) is 18.6. The molecule has 2 amide bonds. The summed E-state index contributed by atoms with van der Waals surface area (Å²) in [6, 6.07) is 8.31. The number of carboxylic acids is 1. The number of carbonyl (C=O) groups is 3. The molecule has 3 atom stereocenters. The van der Waals surface area contributed by atoms with Crippen molar-refractivity contribution < 1.29 is 19.5 Å². The summed E-state index contributed by atoms with van der Waals surface area (Å²) >= 11 is 8.49. The average Bonchev–Trinajstić information content (AvgIpc) is 2.78. The molecule has 0 radical (unpaired) electrons. The number of benzene rings is 1. The summed E-state index contributed by atoms with van der Waals surface area (Å²) in [5.41, 5.74) is 1.51. The predicted octanol–water partition coefficient (Wildman–Crippen LogP) is 2.45. The minimum absolute atomic E-state index is 0.0300. The first-order valence-corrected chi connectivity index (χ1v) is 13.1. The second-order valence-electron chi connectivity index (χ2n) is 8.48. The Balaban J connectivity index is 1.56. The molecule has 0 spiro atoms. The molecule has 2 saturated heterocycles. The van der Waals surface area contributed by atoms with E-state index in [0.717, 1.165) is 9.88 Å². The van der Waals surface area contributed by atoms with Crippen LogP contribution >= 0.6 is 35.7 Å². The molecule has 0 saturated carbocycles. The Labute approximate surface area is 206 Å². The van der Waals surface area contributed by atoms with Crippen molar-refractivity contribution in [3.05, 3.63) is 47.2 Å². The second kappa shape index (κ2) is 9.65. The van der Waals surface area contributed by atoms with Crippen LogP contribution in [0.25, 0.3) is 0 Å². The molecule has 1 aromatic carbocycles. The summed E-state index contributed by atoms with van der Waals surface area (Å²) in [5.74, 6) is -0.715. The third kappa shape index (κ3) is 4.51. The fraction of sp³-hybridized carbons (Fsp3) is 0.455. The zero-order chi connectivity index (χ0) is 23.9. The number of β-lactam (4-membered cyclic amide) rings is 1. The standard InChI is InChI=1S/C22H26N4O4S3/c1-12(2)25-10-24(11-33-22(25)31)17(14-7-5-4-6-8-14)18(27)23-15-19(28)26-16(21(29)30)13(3)9-32-20(15)26/h4-8,12,15,17,20H,9-11H2,1-3H3,(H,23,27)(H,29,30)/t15-,17+,20+/m0/s1. The number of amides is 2. The second-order valence-corrected chi connectivity index (χ2v) is 11.2. The molecule has 2 N–H and O–H groups in total. The molecule has 0 aromatic heterocycles. The largest absolute Gasteiger partial charge is 0.477 e. The molecule has 4 rings (SSSR count). The smallest absolute Gasteiger partial charge is 0.352 e. The van der Waals surface area contributed by atoms with Crippen molar-refractivity contribution >= 4 is 57.8 Å². The lowest BCUT2D eigenvalue weighted by Crippen LogP contribution is -2.71. The Morgan fingerprint density at radius 3 is 2.58 bits per heavy atom. The molecule has 33 heavy (non-hydrogen) atoms. The van der Waals surface area contributed by atoms with E-state index in [1.807, 2.05) is 35.2 Å². The Kier molecular flexibility index (Phi) is 7.04. The number of nitrogens with one attached hydrogen (secondary N) is 1. The van der Waals surface area contributed by atoms with E-state index < -0.39 is 23.4 Å². The number of hydrogen-bond donors (Lipinski definition) is 2. The maximum atomic E-state index is 13.6. The van der Waals surface area contributed by atoms with Crippen LogP contribution in [0.1, 0.15) is 32.4 Å². The summed E-state index contributed by atoms with van der Waals surface area (Å²) in [6.45, 7) is 6.34. The third-order valence-corrected chi connectivity index (χ3v) is 8.89. The van der Waals surface area contributed by atoms with E-state index in [1.54, 1.807) is 6.92 Å². The monoisotopic (exact) mass is 506 g/mol. The highest BCUT2D eigenvalue weighted by Crippen LogP contribution is 2.40. The van der Waals surface area contributed by atoms with Crippen molar-refractivity contribution in [2.24, 2.45) is 0 Å². The maximum Gasteiger partial charge on any atom is 0.352 e. The van der Waals surface area contributed by atoms with E-state index in [1.165, 1.54) is 28.4 Å². The van der Waals surface area contributed by atoms with E-state index in [0.29, 0.717) is 23.9 Å². The number of thioether (sulfide) groups is 2. The molecule has 0 unspecified atom stereocenters. The van der Waals surface area contributed by atoms with E-state index in [-0.39, 0.29) is 23.6 Å². The number of nitrogens with zero attached hydrogens (tertiary/aromatic N) is 3. The van der Waals surface area contributed by atoms with Gasteiger partial charge >= 0.3 is 5.97 Å². The molecule has 0 bridgehead atoms. The topological polar surface area (TPSA) is 93.2 Å². The number of carboxylic acid groups (broad SMARTS) is 1. The Hall–Kier alpha value is -2.08. The molecule has 176 valence electrons. The molecule has 3 aliphatic heterocycles. The van der Waals surface area contributed by atoms with Gasteiger partial charge in [0.2, 0.25) is 5.91 Å². The minimum atomic E-state index is -1.12. The van der Waals surface area contributed by atoms with Crippen LogP contribution in [0.5, 0.6) is 0 Å². The Morgan fingerprint density at radius 1 is 1.24 bits per heavy atom. The lowest BCUT2D eigenvalue weighted by atomic mass is 10.0. The summed E-state index contributed by atoms with van der Waals surface area (Å²) in [5, 5.41) is 12.1. The third-order valence-electron chi connectivity index (χ3n) is 5.93. The molecule has 0 aliphatic carbocycles. The van der Waals surface area contributed by atoms with Gasteiger partial charge < -0.3 is 15.3 Å². The van der Waals surface area contributed by atoms with Crippen molar-refractivity contribution in [1.29, 1.82) is 0 Å². The highest BCUT2D eigenvalue weighted by Gasteiger charge is 2.54. The van der Waals surface area contributed by atoms with E-state index in [2.05, 4.69) is 24.1 Å². The van der Waals surface area contributed by atoms with E-state index in [4.69, 9.17) is 12.2 Å². The first-order valence-electron chi connectivity index (χ1n) is 10.6. The first-order chi connectivity index (χ1) is 15.7. The fourth-order valence-corrected chi connectivity index (χ4v) is 6.88. The van der Waals surface area contributed by atoms with Gasteiger partial charge in [-0.3, -0.25) is 19.4 Å². The number of aliphatic carboxylic acids is 1. The van der Waals surface area contributed by atoms with Gasteiger partial charge in [0.1, 0.15) is 27.5 Å². The number of hydrogen-bond acceptors (Lipinski definition) is 7. The van der Waals surface area contributed by atoms with Crippen LogP contribution in [0.15, 0.2) is 41.6 Å². The summed E-state index contributed by atoms with van der Waals surface area (Å²) in [4.78, 5) is 43.5. The van der Waals surface area contributed by atoms with Crippen molar-refractivity contribution in [1.82, 2.24) is 20.0 Å². The molecule has 3 aliphatic rings. The predicted molar refractivity (Wildman–Crippen MR) is 133 cm³/mol. The van der Waals surface area contributed by atoms with Crippen molar-refractivity contribution in [2.75, 3.05) is 18.3 Å². The molecule has 2 fully saturated rings. The van der Waals surface area contributed by atoms with Gasteiger partial charge in [-0.1, -0.05) is 54.3 Å². The van der Waals surface area contributed by atoms with Gasteiger partial charge in [-0.25, -0.2) is 4.79 Å². The van der Waals surface area contributed by atoms with Crippen LogP contribution in [0, 0.1) is 0 Å². The number of rotatable bonds is 6. The van der Waals surface area contributed by atoms with E-state index >= 15 is 0 Å². The number of fused-ring (bicyclic) bond motifs is 1. The average molecular weight is 507 g/mol. The van der Waals surface area contributed by atoms with Crippen LogP contribution in [0.4, 0.5) is 0 Å². The number of thiocarbonyl (C=S) groups is 1. The van der Waals surface area contributed by atoms with Crippen LogP contribution in [-0.2, 0) is 14.4 Å². The fourth-order valence-electron chi connectivity index (χ4n) is 4.22. The normalized spacial score (nSPS) is 24.5. The van der Waals surface area contributed by atoms with Gasteiger partial charge in [0.25, 0.3) is 5.91 Å². The van der Waals surface area contributed by atoms with Crippen molar-refractivity contribution in [3.63, 3.8) is 0 Å². The van der Waals surface area contributed by atoms with Crippen molar-refractivity contribution in [2.45, 2.75) is 44.3 Å². The van der Waals surface area contributed by atoms with Gasteiger partial charge in [0.15, 0.2) is 0 Å². The molecule has 1 aromatic rings. The van der Waals surface area contributed by atoms with Gasteiger partial charge in [-0.2, -0.15) is 0 Å². The Morgan fingerprint density at radius 2 is 1.94 bits per heavy atom. The first kappa shape index (κ1) is 24.1. The van der Waals surface area contributed by atoms with Crippen molar-refractivity contribution in [3.8, 4) is 0 Å². The maximum absolute atomic E-state index is 13.6.